The highest BCUT2D eigenvalue weighted by molar-refractivity contribution is 7.89. The van der Waals surface area contributed by atoms with E-state index in [0.717, 1.165) is 12.8 Å². The standard InChI is InChI=1S/C18H30N2O4S/c1-6-7-15(5)20-18(21)12-24-17-9-8-16(10-14(17)4)25(22,23)19-11-13(2)3/h8-10,13,15,19H,6-7,11-12H2,1-5H3,(H,20,21)/t15-/m0/s1. The molecule has 6 nitrogen and oxygen atoms in total. The first-order chi connectivity index (χ1) is 11.7. The molecule has 0 bridgehead atoms. The molecule has 1 atom stereocenters. The third-order valence-corrected chi connectivity index (χ3v) is 5.05. The zero-order chi connectivity index (χ0) is 19.0. The van der Waals surface area contributed by atoms with Gasteiger partial charge in [0.25, 0.3) is 5.91 Å². The van der Waals surface area contributed by atoms with E-state index >= 15 is 0 Å². The maximum absolute atomic E-state index is 12.2. The van der Waals surface area contributed by atoms with Gasteiger partial charge in [-0.15, -0.1) is 0 Å². The van der Waals surface area contributed by atoms with Gasteiger partial charge in [-0.2, -0.15) is 0 Å². The van der Waals surface area contributed by atoms with Gasteiger partial charge in [-0.3, -0.25) is 4.79 Å². The van der Waals surface area contributed by atoms with Crippen molar-refractivity contribution in [3.8, 4) is 5.75 Å². The molecule has 0 fully saturated rings. The highest BCUT2D eigenvalue weighted by Gasteiger charge is 2.16. The quantitative estimate of drug-likeness (QED) is 0.663. The van der Waals surface area contributed by atoms with E-state index in [1.165, 1.54) is 6.07 Å². The van der Waals surface area contributed by atoms with Crippen LogP contribution in [0.15, 0.2) is 23.1 Å². The molecule has 1 aromatic carbocycles. The largest absolute Gasteiger partial charge is 0.484 e. The molecule has 0 radical (unpaired) electrons. The Morgan fingerprint density at radius 2 is 1.92 bits per heavy atom. The SMILES string of the molecule is CCC[C@H](C)NC(=O)COc1ccc(S(=O)(=O)NCC(C)C)cc1C. The Hall–Kier alpha value is -1.60. The van der Waals surface area contributed by atoms with Crippen molar-refractivity contribution in [1.29, 1.82) is 0 Å². The van der Waals surface area contributed by atoms with E-state index in [1.807, 2.05) is 20.8 Å². The minimum Gasteiger partial charge on any atom is -0.484 e. The van der Waals surface area contributed by atoms with Crippen molar-refractivity contribution in [2.24, 2.45) is 5.92 Å². The van der Waals surface area contributed by atoms with Crippen LogP contribution in [0.25, 0.3) is 0 Å². The van der Waals surface area contributed by atoms with Crippen molar-refractivity contribution in [1.82, 2.24) is 10.0 Å². The molecule has 25 heavy (non-hydrogen) atoms. The molecule has 0 aliphatic carbocycles. The number of amides is 1. The van der Waals surface area contributed by atoms with Crippen LogP contribution in [0.5, 0.6) is 5.75 Å². The second-order valence-electron chi connectivity index (χ2n) is 6.72. The van der Waals surface area contributed by atoms with E-state index < -0.39 is 10.0 Å². The number of rotatable bonds is 10. The number of carbonyl (C=O) groups is 1. The van der Waals surface area contributed by atoms with E-state index in [1.54, 1.807) is 19.1 Å². The predicted molar refractivity (Wildman–Crippen MR) is 99.2 cm³/mol. The number of carbonyl (C=O) groups excluding carboxylic acids is 1. The number of nitrogens with one attached hydrogen (secondary N) is 2. The number of aryl methyl sites for hydroxylation is 1. The molecule has 0 saturated heterocycles. The fourth-order valence-corrected chi connectivity index (χ4v) is 3.57. The summed E-state index contributed by atoms with van der Waals surface area (Å²) >= 11 is 0. The fraction of sp³-hybridized carbons (Fsp3) is 0.611. The van der Waals surface area contributed by atoms with Gasteiger partial charge in [0.1, 0.15) is 5.75 Å². The van der Waals surface area contributed by atoms with Crippen molar-refractivity contribution in [3.63, 3.8) is 0 Å². The monoisotopic (exact) mass is 370 g/mol. The minimum atomic E-state index is -3.53. The topological polar surface area (TPSA) is 84.5 Å². The van der Waals surface area contributed by atoms with Crippen molar-refractivity contribution in [3.05, 3.63) is 23.8 Å². The molecule has 2 N–H and O–H groups in total. The number of hydrogen-bond donors (Lipinski definition) is 2. The van der Waals surface area contributed by atoms with Gasteiger partial charge in [-0.25, -0.2) is 13.1 Å². The molecule has 0 aliphatic rings. The summed E-state index contributed by atoms with van der Waals surface area (Å²) in [6.45, 7) is 9.95. The lowest BCUT2D eigenvalue weighted by molar-refractivity contribution is -0.123. The number of sulfonamides is 1. The zero-order valence-electron chi connectivity index (χ0n) is 15.8. The highest BCUT2D eigenvalue weighted by atomic mass is 32.2. The van der Waals surface area contributed by atoms with Gasteiger partial charge in [0, 0.05) is 12.6 Å². The first-order valence-electron chi connectivity index (χ1n) is 8.68. The van der Waals surface area contributed by atoms with E-state index in [0.29, 0.717) is 17.9 Å². The Bertz CT molecular complexity index is 672. The van der Waals surface area contributed by atoms with Gasteiger partial charge >= 0.3 is 0 Å². The van der Waals surface area contributed by atoms with Crippen LogP contribution in [0.1, 0.15) is 46.1 Å². The number of ether oxygens (including phenoxy) is 1. The summed E-state index contributed by atoms with van der Waals surface area (Å²) in [5.74, 6) is 0.545. The minimum absolute atomic E-state index is 0.0907. The van der Waals surface area contributed by atoms with Crippen LogP contribution in [0.3, 0.4) is 0 Å². The molecule has 0 aromatic heterocycles. The first-order valence-corrected chi connectivity index (χ1v) is 10.2. The summed E-state index contributed by atoms with van der Waals surface area (Å²) in [4.78, 5) is 12.0. The van der Waals surface area contributed by atoms with Gasteiger partial charge in [0.2, 0.25) is 10.0 Å². The summed E-state index contributed by atoms with van der Waals surface area (Å²) in [5, 5.41) is 2.86. The second kappa shape index (κ2) is 9.77. The van der Waals surface area contributed by atoms with E-state index in [2.05, 4.69) is 17.0 Å². The van der Waals surface area contributed by atoms with Gasteiger partial charge in [0.05, 0.1) is 4.90 Å². The highest BCUT2D eigenvalue weighted by Crippen LogP contribution is 2.21. The third kappa shape index (κ3) is 7.44. The maximum Gasteiger partial charge on any atom is 0.258 e. The number of benzene rings is 1. The molecular weight excluding hydrogens is 340 g/mol. The molecule has 0 spiro atoms. The average Bonchev–Trinajstić information content (AvgIpc) is 2.52. The molecule has 0 saturated carbocycles. The fourth-order valence-electron chi connectivity index (χ4n) is 2.28. The molecule has 142 valence electrons. The lowest BCUT2D eigenvalue weighted by Gasteiger charge is -2.15. The van der Waals surface area contributed by atoms with Crippen LogP contribution in [0.2, 0.25) is 0 Å². The molecule has 1 amide bonds. The Labute approximate surface area is 151 Å². The Morgan fingerprint density at radius 3 is 2.48 bits per heavy atom. The Kier molecular flexibility index (Phi) is 8.38. The summed E-state index contributed by atoms with van der Waals surface area (Å²) in [6.07, 6.45) is 1.92. The zero-order valence-corrected chi connectivity index (χ0v) is 16.6. The summed E-state index contributed by atoms with van der Waals surface area (Å²) in [7, 11) is -3.53. The van der Waals surface area contributed by atoms with Crippen LogP contribution >= 0.6 is 0 Å². The molecule has 1 aromatic rings. The summed E-state index contributed by atoms with van der Waals surface area (Å²) in [6, 6.07) is 4.74. The molecular formula is C18H30N2O4S. The normalized spacial score (nSPS) is 12.9. The van der Waals surface area contributed by atoms with Crippen molar-refractivity contribution < 1.29 is 17.9 Å². The van der Waals surface area contributed by atoms with Crippen molar-refractivity contribution >= 4 is 15.9 Å². The van der Waals surface area contributed by atoms with Crippen LogP contribution in [-0.2, 0) is 14.8 Å². The molecule has 0 unspecified atom stereocenters. The average molecular weight is 371 g/mol. The van der Waals surface area contributed by atoms with Crippen LogP contribution in [0.4, 0.5) is 0 Å². The van der Waals surface area contributed by atoms with Crippen molar-refractivity contribution in [2.75, 3.05) is 13.2 Å². The van der Waals surface area contributed by atoms with E-state index in [9.17, 15) is 13.2 Å². The van der Waals surface area contributed by atoms with E-state index in [-0.39, 0.29) is 29.4 Å². The molecule has 0 aliphatic heterocycles. The predicted octanol–water partition coefficient (Wildman–Crippen LogP) is 2.61. The lowest BCUT2D eigenvalue weighted by Crippen LogP contribution is -2.36. The second-order valence-corrected chi connectivity index (χ2v) is 8.49. The van der Waals surface area contributed by atoms with Crippen LogP contribution < -0.4 is 14.8 Å². The first kappa shape index (κ1) is 21.4. The van der Waals surface area contributed by atoms with Gasteiger partial charge in [-0.1, -0.05) is 27.2 Å². The lowest BCUT2D eigenvalue weighted by atomic mass is 10.2. The summed E-state index contributed by atoms with van der Waals surface area (Å²) in [5.41, 5.74) is 0.668. The smallest absolute Gasteiger partial charge is 0.258 e. The molecule has 0 heterocycles. The summed E-state index contributed by atoms with van der Waals surface area (Å²) < 4.78 is 32.6. The Balaban J connectivity index is 2.68. The third-order valence-electron chi connectivity index (χ3n) is 3.63. The molecule has 1 rings (SSSR count). The maximum atomic E-state index is 12.2. The van der Waals surface area contributed by atoms with E-state index in [4.69, 9.17) is 4.74 Å². The van der Waals surface area contributed by atoms with Crippen molar-refractivity contribution in [2.45, 2.75) is 58.4 Å². The number of hydrogen-bond acceptors (Lipinski definition) is 4. The van der Waals surface area contributed by atoms with Gasteiger partial charge in [0.15, 0.2) is 6.61 Å². The van der Waals surface area contributed by atoms with Crippen LogP contribution in [-0.4, -0.2) is 33.5 Å². The Morgan fingerprint density at radius 1 is 1.24 bits per heavy atom. The van der Waals surface area contributed by atoms with Crippen LogP contribution in [0, 0.1) is 12.8 Å². The molecule has 7 heteroatoms. The van der Waals surface area contributed by atoms with Gasteiger partial charge < -0.3 is 10.1 Å². The van der Waals surface area contributed by atoms with Gasteiger partial charge in [-0.05, 0) is 49.9 Å².